The average molecular weight is 309 g/mol. The van der Waals surface area contributed by atoms with Crippen LogP contribution in [-0.4, -0.2) is 22.7 Å². The Hall–Kier alpha value is -2.22. The molecule has 23 heavy (non-hydrogen) atoms. The van der Waals surface area contributed by atoms with Crippen molar-refractivity contribution in [2.75, 3.05) is 6.54 Å². The van der Waals surface area contributed by atoms with Crippen molar-refractivity contribution in [3.63, 3.8) is 0 Å². The molecular weight excluding hydrogens is 286 g/mol. The van der Waals surface area contributed by atoms with Crippen LogP contribution in [0.5, 0.6) is 0 Å². The number of pyridine rings is 1. The van der Waals surface area contributed by atoms with Crippen LogP contribution in [0.3, 0.4) is 0 Å². The summed E-state index contributed by atoms with van der Waals surface area (Å²) in [6, 6.07) is 15.8. The van der Waals surface area contributed by atoms with E-state index in [1.807, 2.05) is 42.5 Å². The molecule has 1 heterocycles. The van der Waals surface area contributed by atoms with Crippen LogP contribution < -0.4 is 5.32 Å². The second-order valence-corrected chi connectivity index (χ2v) is 5.77. The van der Waals surface area contributed by atoms with Crippen molar-refractivity contribution in [3.8, 4) is 6.07 Å². The standard InChI is InChI=1S/C19H23N3O/c1-15(7-8-16-9-10-18(13-20)22-14-16)21-12-11-19(23)17-5-3-2-4-6-17/h2-6,9-10,14-15,19,21,23H,7-8,11-12H2,1H3. The Bertz CT molecular complexity index is 619. The van der Waals surface area contributed by atoms with E-state index in [-0.39, 0.29) is 0 Å². The van der Waals surface area contributed by atoms with Gasteiger partial charge in [0.1, 0.15) is 11.8 Å². The maximum absolute atomic E-state index is 10.1. The molecule has 1 aromatic heterocycles. The molecule has 0 spiro atoms. The van der Waals surface area contributed by atoms with Gasteiger partial charge in [-0.05, 0) is 49.9 Å². The summed E-state index contributed by atoms with van der Waals surface area (Å²) in [6.45, 7) is 2.93. The predicted octanol–water partition coefficient (Wildman–Crippen LogP) is 2.99. The van der Waals surface area contributed by atoms with Crippen molar-refractivity contribution in [1.82, 2.24) is 10.3 Å². The first-order valence-corrected chi connectivity index (χ1v) is 8.00. The Morgan fingerprint density at radius 2 is 1.96 bits per heavy atom. The summed E-state index contributed by atoms with van der Waals surface area (Å²) in [7, 11) is 0. The van der Waals surface area contributed by atoms with Gasteiger partial charge in [-0.15, -0.1) is 0 Å². The van der Waals surface area contributed by atoms with Gasteiger partial charge in [-0.2, -0.15) is 5.26 Å². The summed E-state index contributed by atoms with van der Waals surface area (Å²) in [6.07, 6.45) is 3.97. The van der Waals surface area contributed by atoms with Crippen LogP contribution in [0.1, 0.15) is 42.7 Å². The molecule has 120 valence electrons. The Labute approximate surface area is 137 Å². The van der Waals surface area contributed by atoms with Gasteiger partial charge >= 0.3 is 0 Å². The van der Waals surface area contributed by atoms with E-state index in [1.54, 1.807) is 12.3 Å². The highest BCUT2D eigenvalue weighted by atomic mass is 16.3. The monoisotopic (exact) mass is 309 g/mol. The molecule has 0 aliphatic heterocycles. The molecule has 0 saturated heterocycles. The van der Waals surface area contributed by atoms with Crippen molar-refractivity contribution >= 4 is 0 Å². The highest BCUT2D eigenvalue weighted by Gasteiger charge is 2.08. The Morgan fingerprint density at radius 3 is 2.61 bits per heavy atom. The number of nitriles is 1. The number of aryl methyl sites for hydroxylation is 1. The zero-order chi connectivity index (χ0) is 16.5. The van der Waals surface area contributed by atoms with Crippen molar-refractivity contribution < 1.29 is 5.11 Å². The zero-order valence-electron chi connectivity index (χ0n) is 13.4. The number of hydrogen-bond donors (Lipinski definition) is 2. The molecule has 2 N–H and O–H groups in total. The predicted molar refractivity (Wildman–Crippen MR) is 90.8 cm³/mol. The van der Waals surface area contributed by atoms with E-state index in [1.165, 1.54) is 0 Å². The van der Waals surface area contributed by atoms with Gasteiger partial charge in [-0.1, -0.05) is 36.4 Å². The minimum absolute atomic E-state index is 0.369. The Kier molecular flexibility index (Phi) is 6.74. The molecule has 0 bridgehead atoms. The van der Waals surface area contributed by atoms with Crippen LogP contribution in [0.25, 0.3) is 0 Å². The first kappa shape index (κ1) is 17.1. The molecule has 2 aromatic rings. The van der Waals surface area contributed by atoms with E-state index in [0.717, 1.165) is 30.5 Å². The molecule has 2 atom stereocenters. The van der Waals surface area contributed by atoms with Gasteiger partial charge in [0.2, 0.25) is 0 Å². The SMILES string of the molecule is CC(CCc1ccc(C#N)nc1)NCCC(O)c1ccccc1. The van der Waals surface area contributed by atoms with Crippen LogP contribution in [0, 0.1) is 11.3 Å². The largest absolute Gasteiger partial charge is 0.388 e. The summed E-state index contributed by atoms with van der Waals surface area (Å²) in [5.74, 6) is 0. The third kappa shape index (κ3) is 5.82. The van der Waals surface area contributed by atoms with Gasteiger partial charge in [0.25, 0.3) is 0 Å². The molecule has 0 saturated carbocycles. The van der Waals surface area contributed by atoms with Crippen LogP contribution in [0.2, 0.25) is 0 Å². The van der Waals surface area contributed by atoms with Gasteiger partial charge in [0, 0.05) is 12.2 Å². The van der Waals surface area contributed by atoms with Crippen LogP contribution in [0.4, 0.5) is 0 Å². The number of aliphatic hydroxyl groups excluding tert-OH is 1. The number of nitrogens with zero attached hydrogens (tertiary/aromatic N) is 2. The van der Waals surface area contributed by atoms with E-state index in [4.69, 9.17) is 5.26 Å². The fourth-order valence-electron chi connectivity index (χ4n) is 2.43. The van der Waals surface area contributed by atoms with E-state index >= 15 is 0 Å². The summed E-state index contributed by atoms with van der Waals surface area (Å²) >= 11 is 0. The van der Waals surface area contributed by atoms with Crippen molar-refractivity contribution in [3.05, 3.63) is 65.5 Å². The summed E-state index contributed by atoms with van der Waals surface area (Å²) < 4.78 is 0. The second kappa shape index (κ2) is 9.04. The molecule has 2 unspecified atom stereocenters. The lowest BCUT2D eigenvalue weighted by Gasteiger charge is -2.16. The maximum Gasteiger partial charge on any atom is 0.140 e. The van der Waals surface area contributed by atoms with Crippen molar-refractivity contribution in [2.24, 2.45) is 0 Å². The minimum atomic E-state index is -0.418. The van der Waals surface area contributed by atoms with Crippen molar-refractivity contribution in [1.29, 1.82) is 5.26 Å². The zero-order valence-corrected chi connectivity index (χ0v) is 13.4. The normalized spacial score (nSPS) is 13.3. The van der Waals surface area contributed by atoms with Gasteiger partial charge in [0.15, 0.2) is 0 Å². The molecule has 1 aromatic carbocycles. The van der Waals surface area contributed by atoms with Crippen LogP contribution in [0.15, 0.2) is 48.7 Å². The van der Waals surface area contributed by atoms with Gasteiger partial charge < -0.3 is 10.4 Å². The number of hydrogen-bond acceptors (Lipinski definition) is 4. The van der Waals surface area contributed by atoms with Gasteiger partial charge in [0.05, 0.1) is 6.10 Å². The first-order chi connectivity index (χ1) is 11.2. The molecule has 0 aliphatic rings. The highest BCUT2D eigenvalue weighted by molar-refractivity contribution is 5.23. The maximum atomic E-state index is 10.1. The van der Waals surface area contributed by atoms with Crippen LogP contribution in [-0.2, 0) is 6.42 Å². The fraction of sp³-hybridized carbons (Fsp3) is 0.368. The minimum Gasteiger partial charge on any atom is -0.388 e. The summed E-state index contributed by atoms with van der Waals surface area (Å²) in [4.78, 5) is 4.08. The molecular formula is C19H23N3O. The average Bonchev–Trinajstić information content (AvgIpc) is 2.61. The lowest BCUT2D eigenvalue weighted by molar-refractivity contribution is 0.165. The number of nitrogens with one attached hydrogen (secondary N) is 1. The van der Waals surface area contributed by atoms with Gasteiger partial charge in [-0.25, -0.2) is 4.98 Å². The molecule has 4 nitrogen and oxygen atoms in total. The lowest BCUT2D eigenvalue weighted by atomic mass is 10.1. The molecule has 0 fully saturated rings. The summed E-state index contributed by atoms with van der Waals surface area (Å²) in [5, 5.41) is 22.3. The Balaban J connectivity index is 1.66. The number of aromatic nitrogens is 1. The van der Waals surface area contributed by atoms with E-state index in [9.17, 15) is 5.11 Å². The highest BCUT2D eigenvalue weighted by Crippen LogP contribution is 2.15. The van der Waals surface area contributed by atoms with Crippen molar-refractivity contribution in [2.45, 2.75) is 38.3 Å². The molecule has 0 aliphatic carbocycles. The molecule has 0 amide bonds. The molecule has 0 radical (unpaired) electrons. The number of aliphatic hydroxyl groups is 1. The number of benzene rings is 1. The number of rotatable bonds is 8. The van der Waals surface area contributed by atoms with Gasteiger partial charge in [-0.3, -0.25) is 0 Å². The smallest absolute Gasteiger partial charge is 0.140 e. The van der Waals surface area contributed by atoms with E-state index < -0.39 is 6.10 Å². The quantitative estimate of drug-likeness (QED) is 0.786. The lowest BCUT2D eigenvalue weighted by Crippen LogP contribution is -2.28. The molecule has 4 heteroatoms. The topological polar surface area (TPSA) is 68.9 Å². The van der Waals surface area contributed by atoms with E-state index in [2.05, 4.69) is 17.2 Å². The van der Waals surface area contributed by atoms with E-state index in [0.29, 0.717) is 18.2 Å². The van der Waals surface area contributed by atoms with Crippen LogP contribution >= 0.6 is 0 Å². The summed E-state index contributed by atoms with van der Waals surface area (Å²) in [5.41, 5.74) is 2.56. The Morgan fingerprint density at radius 1 is 1.17 bits per heavy atom. The molecule has 2 rings (SSSR count). The first-order valence-electron chi connectivity index (χ1n) is 8.00. The third-order valence-corrected chi connectivity index (χ3v) is 3.90. The second-order valence-electron chi connectivity index (χ2n) is 5.77. The fourth-order valence-corrected chi connectivity index (χ4v) is 2.43. The third-order valence-electron chi connectivity index (χ3n) is 3.90.